The molecule has 0 bridgehead atoms. The molecule has 0 aromatic heterocycles. The molecule has 0 aliphatic carbocycles. The van der Waals surface area contributed by atoms with Crippen LogP contribution in [0, 0.1) is 16.0 Å². The molecule has 0 atom stereocenters. The molecule has 1 aromatic carbocycles. The molecule has 3 N–H and O–H groups in total. The van der Waals surface area contributed by atoms with Crippen molar-refractivity contribution in [1.29, 1.82) is 0 Å². The number of nitro groups is 1. The first-order chi connectivity index (χ1) is 13.1. The fourth-order valence-electron chi connectivity index (χ4n) is 2.53. The fraction of sp³-hybridized carbons (Fsp3) is 0.611. The Morgan fingerprint density at radius 3 is 2.43 bits per heavy atom. The van der Waals surface area contributed by atoms with Gasteiger partial charge in [0.05, 0.1) is 9.82 Å². The summed E-state index contributed by atoms with van der Waals surface area (Å²) in [6.45, 7) is 6.15. The van der Waals surface area contributed by atoms with Crippen LogP contribution in [0.15, 0.2) is 28.1 Å². The predicted octanol–water partition coefficient (Wildman–Crippen LogP) is 2.40. The first-order valence-corrected chi connectivity index (χ1v) is 11.2. The predicted molar refractivity (Wildman–Crippen MR) is 113 cm³/mol. The van der Waals surface area contributed by atoms with Gasteiger partial charge in [-0.3, -0.25) is 15.1 Å². The van der Waals surface area contributed by atoms with Gasteiger partial charge in [-0.1, -0.05) is 26.7 Å². The van der Waals surface area contributed by atoms with Crippen molar-refractivity contribution in [3.05, 3.63) is 28.3 Å². The SMILES string of the molecule is CN=C(NCCCCC(C)C)NCCNc1ccc(S(C)(=O)=O)cc1[N+](=O)[O-]. The van der Waals surface area contributed by atoms with Crippen LogP contribution in [0.4, 0.5) is 11.4 Å². The number of nitrogens with one attached hydrogen (secondary N) is 3. The zero-order valence-electron chi connectivity index (χ0n) is 17.0. The zero-order chi connectivity index (χ0) is 21.2. The number of guanidine groups is 1. The number of nitro benzene ring substituents is 1. The first kappa shape index (κ1) is 23.7. The molecule has 0 heterocycles. The number of sulfone groups is 1. The van der Waals surface area contributed by atoms with Crippen LogP contribution in [-0.4, -0.2) is 52.2 Å². The molecule has 9 nitrogen and oxygen atoms in total. The Kier molecular flexibility index (Phi) is 9.70. The second kappa shape index (κ2) is 11.5. The lowest BCUT2D eigenvalue weighted by molar-refractivity contribution is -0.384. The molecule has 0 saturated heterocycles. The molecule has 0 unspecified atom stereocenters. The molecule has 0 spiro atoms. The molecule has 1 rings (SSSR count). The summed E-state index contributed by atoms with van der Waals surface area (Å²) < 4.78 is 23.1. The minimum Gasteiger partial charge on any atom is -0.378 e. The third-order valence-electron chi connectivity index (χ3n) is 4.05. The van der Waals surface area contributed by atoms with Crippen LogP contribution in [0.2, 0.25) is 0 Å². The molecule has 28 heavy (non-hydrogen) atoms. The van der Waals surface area contributed by atoms with Crippen molar-refractivity contribution >= 4 is 27.2 Å². The number of nitrogens with zero attached hydrogens (tertiary/aromatic N) is 2. The zero-order valence-corrected chi connectivity index (χ0v) is 17.8. The van der Waals surface area contributed by atoms with Gasteiger partial charge in [-0.05, 0) is 24.5 Å². The Labute approximate surface area is 167 Å². The lowest BCUT2D eigenvalue weighted by Crippen LogP contribution is -2.39. The minimum absolute atomic E-state index is 0.0788. The lowest BCUT2D eigenvalue weighted by atomic mass is 10.1. The largest absolute Gasteiger partial charge is 0.378 e. The van der Waals surface area contributed by atoms with E-state index in [1.54, 1.807) is 7.05 Å². The van der Waals surface area contributed by atoms with Crippen LogP contribution in [0.5, 0.6) is 0 Å². The van der Waals surface area contributed by atoms with Crippen LogP contribution >= 0.6 is 0 Å². The Morgan fingerprint density at radius 2 is 1.86 bits per heavy atom. The van der Waals surface area contributed by atoms with Crippen molar-refractivity contribution < 1.29 is 13.3 Å². The molecule has 10 heteroatoms. The van der Waals surface area contributed by atoms with Gasteiger partial charge in [-0.2, -0.15) is 0 Å². The van der Waals surface area contributed by atoms with Gasteiger partial charge in [0.25, 0.3) is 5.69 Å². The minimum atomic E-state index is -3.50. The van der Waals surface area contributed by atoms with Crippen molar-refractivity contribution in [1.82, 2.24) is 10.6 Å². The number of benzene rings is 1. The quantitative estimate of drug-likeness (QED) is 0.167. The Hall–Kier alpha value is -2.36. The summed E-state index contributed by atoms with van der Waals surface area (Å²) in [5.74, 6) is 1.38. The average Bonchev–Trinajstić information content (AvgIpc) is 2.61. The maximum absolute atomic E-state index is 11.6. The number of aliphatic imine (C=N–C) groups is 1. The van der Waals surface area contributed by atoms with Gasteiger partial charge < -0.3 is 16.0 Å². The van der Waals surface area contributed by atoms with E-state index in [-0.39, 0.29) is 16.3 Å². The van der Waals surface area contributed by atoms with E-state index in [9.17, 15) is 18.5 Å². The molecular formula is C18H31N5O4S. The normalized spacial score (nSPS) is 12.1. The molecule has 158 valence electrons. The summed E-state index contributed by atoms with van der Waals surface area (Å²) in [5, 5.41) is 20.6. The summed E-state index contributed by atoms with van der Waals surface area (Å²) in [5.41, 5.74) is 0.00594. The van der Waals surface area contributed by atoms with E-state index in [2.05, 4.69) is 34.8 Å². The molecule has 0 aliphatic heterocycles. The maximum Gasteiger partial charge on any atom is 0.293 e. The van der Waals surface area contributed by atoms with Gasteiger partial charge in [-0.25, -0.2) is 8.42 Å². The number of hydrogen-bond donors (Lipinski definition) is 3. The molecular weight excluding hydrogens is 382 g/mol. The molecule has 0 saturated carbocycles. The molecule has 0 radical (unpaired) electrons. The highest BCUT2D eigenvalue weighted by Gasteiger charge is 2.18. The van der Waals surface area contributed by atoms with Crippen LogP contribution < -0.4 is 16.0 Å². The van der Waals surface area contributed by atoms with Crippen LogP contribution in [0.3, 0.4) is 0 Å². The highest BCUT2D eigenvalue weighted by Crippen LogP contribution is 2.27. The second-order valence-electron chi connectivity index (χ2n) is 6.95. The van der Waals surface area contributed by atoms with Gasteiger partial charge in [0.2, 0.25) is 0 Å². The standard InChI is InChI=1S/C18H31N5O4S/c1-14(2)7-5-6-10-21-18(19-3)22-12-11-20-16-9-8-15(28(4,26)27)13-17(16)23(24)25/h8-9,13-14,20H,5-7,10-12H2,1-4H3,(H2,19,21,22). The highest BCUT2D eigenvalue weighted by molar-refractivity contribution is 7.90. The number of anilines is 1. The highest BCUT2D eigenvalue weighted by atomic mass is 32.2. The van der Waals surface area contributed by atoms with Crippen molar-refractivity contribution in [2.45, 2.75) is 38.0 Å². The average molecular weight is 414 g/mol. The summed E-state index contributed by atoms with van der Waals surface area (Å²) >= 11 is 0. The van der Waals surface area contributed by atoms with Gasteiger partial charge >= 0.3 is 0 Å². The molecule has 1 aromatic rings. The van der Waals surface area contributed by atoms with Gasteiger partial charge in [0.15, 0.2) is 15.8 Å². The third-order valence-corrected chi connectivity index (χ3v) is 5.16. The summed E-state index contributed by atoms with van der Waals surface area (Å²) in [6.07, 6.45) is 4.45. The summed E-state index contributed by atoms with van der Waals surface area (Å²) in [7, 11) is -1.82. The fourth-order valence-corrected chi connectivity index (χ4v) is 3.17. The van der Waals surface area contributed by atoms with Crippen molar-refractivity contribution in [2.75, 3.05) is 38.3 Å². The number of hydrogen-bond acceptors (Lipinski definition) is 6. The van der Waals surface area contributed by atoms with E-state index in [0.29, 0.717) is 25.0 Å². The van der Waals surface area contributed by atoms with Gasteiger partial charge in [0, 0.05) is 39.0 Å². The van der Waals surface area contributed by atoms with E-state index in [4.69, 9.17) is 0 Å². The summed E-state index contributed by atoms with van der Waals surface area (Å²) in [4.78, 5) is 14.7. The van der Waals surface area contributed by atoms with Crippen molar-refractivity contribution in [2.24, 2.45) is 10.9 Å². The Morgan fingerprint density at radius 1 is 1.18 bits per heavy atom. The Bertz CT molecular complexity index is 778. The maximum atomic E-state index is 11.6. The first-order valence-electron chi connectivity index (χ1n) is 9.32. The van der Waals surface area contributed by atoms with E-state index < -0.39 is 14.8 Å². The molecule has 0 aliphatic rings. The van der Waals surface area contributed by atoms with Crippen LogP contribution in [-0.2, 0) is 9.84 Å². The molecule has 0 fully saturated rings. The van der Waals surface area contributed by atoms with E-state index in [1.807, 2.05) is 0 Å². The topological polar surface area (TPSA) is 126 Å². The summed E-state index contributed by atoms with van der Waals surface area (Å²) in [6, 6.07) is 3.84. The van der Waals surface area contributed by atoms with E-state index in [0.717, 1.165) is 31.7 Å². The van der Waals surface area contributed by atoms with Gasteiger partial charge in [0.1, 0.15) is 5.69 Å². The third kappa shape index (κ3) is 8.55. The lowest BCUT2D eigenvalue weighted by Gasteiger charge is -2.13. The second-order valence-corrected chi connectivity index (χ2v) is 8.97. The Balaban J connectivity index is 2.49. The van der Waals surface area contributed by atoms with E-state index >= 15 is 0 Å². The molecule has 0 amide bonds. The smallest absolute Gasteiger partial charge is 0.293 e. The van der Waals surface area contributed by atoms with Crippen molar-refractivity contribution in [3.8, 4) is 0 Å². The van der Waals surface area contributed by atoms with E-state index in [1.165, 1.54) is 18.6 Å². The number of rotatable bonds is 11. The van der Waals surface area contributed by atoms with Gasteiger partial charge in [-0.15, -0.1) is 0 Å². The van der Waals surface area contributed by atoms with Crippen molar-refractivity contribution in [3.63, 3.8) is 0 Å². The number of unbranched alkanes of at least 4 members (excludes halogenated alkanes) is 1. The monoisotopic (exact) mass is 413 g/mol. The van der Waals surface area contributed by atoms with Crippen LogP contribution in [0.1, 0.15) is 33.1 Å². The van der Waals surface area contributed by atoms with Crippen LogP contribution in [0.25, 0.3) is 0 Å².